The van der Waals surface area contributed by atoms with Crippen LogP contribution in [-0.2, 0) is 6.42 Å². The molecule has 0 amide bonds. The molecule has 7 nitrogen and oxygen atoms in total. The van der Waals surface area contributed by atoms with Crippen molar-refractivity contribution in [1.82, 2.24) is 19.6 Å². The molecule has 0 radical (unpaired) electrons. The van der Waals surface area contributed by atoms with Crippen molar-refractivity contribution in [1.29, 1.82) is 0 Å². The summed E-state index contributed by atoms with van der Waals surface area (Å²) in [6.45, 7) is 2.08. The van der Waals surface area contributed by atoms with E-state index in [0.29, 0.717) is 17.1 Å². The predicted molar refractivity (Wildman–Crippen MR) is 115 cm³/mol. The van der Waals surface area contributed by atoms with E-state index in [4.69, 9.17) is 9.47 Å². The van der Waals surface area contributed by atoms with Gasteiger partial charge >= 0.3 is 0 Å². The Labute approximate surface area is 174 Å². The summed E-state index contributed by atoms with van der Waals surface area (Å²) in [4.78, 5) is 13.0. The minimum atomic E-state index is -0.310. The molecule has 0 aliphatic rings. The summed E-state index contributed by atoms with van der Waals surface area (Å²) in [5.74, 6) is 0.845. The van der Waals surface area contributed by atoms with Gasteiger partial charge < -0.3 is 9.47 Å². The Kier molecular flexibility index (Phi) is 5.34. The summed E-state index contributed by atoms with van der Waals surface area (Å²) in [6.07, 6.45) is 4.10. The topological polar surface area (TPSA) is 71.2 Å². The molecule has 2 aromatic heterocycles. The molecule has 7 heteroatoms. The van der Waals surface area contributed by atoms with Gasteiger partial charge in [0, 0.05) is 0 Å². The van der Waals surface area contributed by atoms with Crippen LogP contribution in [0.5, 0.6) is 11.5 Å². The van der Waals surface area contributed by atoms with Crippen LogP contribution in [0.3, 0.4) is 0 Å². The van der Waals surface area contributed by atoms with Crippen molar-refractivity contribution in [2.75, 3.05) is 14.2 Å². The number of hydrogen-bond donors (Lipinski definition) is 0. The SMILES string of the molecule is CCc1ccc(-n2cc(OC)c(=O)c(-c3ccnn3-c3ccccc3)n2)c(OC)c1. The maximum atomic E-state index is 13.0. The molecule has 0 aliphatic carbocycles. The second-order valence-corrected chi connectivity index (χ2v) is 6.64. The Bertz CT molecular complexity index is 1230. The third-order valence-electron chi connectivity index (χ3n) is 4.89. The molecule has 0 aliphatic heterocycles. The predicted octanol–water partition coefficient (Wildman–Crippen LogP) is 3.66. The number of ether oxygens (including phenoxy) is 2. The molecule has 2 aromatic carbocycles. The van der Waals surface area contributed by atoms with E-state index in [-0.39, 0.29) is 16.9 Å². The third-order valence-corrected chi connectivity index (χ3v) is 4.89. The minimum Gasteiger partial charge on any atom is -0.494 e. The lowest BCUT2D eigenvalue weighted by molar-refractivity contribution is 0.401. The van der Waals surface area contributed by atoms with E-state index >= 15 is 0 Å². The van der Waals surface area contributed by atoms with Gasteiger partial charge in [0.1, 0.15) is 11.4 Å². The van der Waals surface area contributed by atoms with Crippen molar-refractivity contribution in [2.24, 2.45) is 0 Å². The van der Waals surface area contributed by atoms with Gasteiger partial charge in [0.2, 0.25) is 0 Å². The van der Waals surface area contributed by atoms with E-state index in [1.807, 2.05) is 48.5 Å². The molecule has 0 saturated carbocycles. The van der Waals surface area contributed by atoms with Crippen molar-refractivity contribution in [3.63, 3.8) is 0 Å². The van der Waals surface area contributed by atoms with E-state index in [0.717, 1.165) is 17.7 Å². The second-order valence-electron chi connectivity index (χ2n) is 6.64. The molecule has 0 saturated heterocycles. The molecule has 0 bridgehead atoms. The van der Waals surface area contributed by atoms with Crippen molar-refractivity contribution < 1.29 is 9.47 Å². The fourth-order valence-corrected chi connectivity index (χ4v) is 3.29. The first kappa shape index (κ1) is 19.4. The Morgan fingerprint density at radius 3 is 2.43 bits per heavy atom. The van der Waals surface area contributed by atoms with Crippen LogP contribution in [0.2, 0.25) is 0 Å². The molecule has 0 atom stereocenters. The monoisotopic (exact) mass is 402 g/mol. The van der Waals surface area contributed by atoms with Crippen LogP contribution < -0.4 is 14.9 Å². The number of para-hydroxylation sites is 1. The van der Waals surface area contributed by atoms with Crippen molar-refractivity contribution in [2.45, 2.75) is 13.3 Å². The fraction of sp³-hybridized carbons (Fsp3) is 0.174. The first-order valence-corrected chi connectivity index (χ1v) is 9.61. The zero-order valence-corrected chi connectivity index (χ0v) is 17.1. The Morgan fingerprint density at radius 1 is 0.967 bits per heavy atom. The van der Waals surface area contributed by atoms with Crippen molar-refractivity contribution in [3.8, 4) is 34.3 Å². The molecule has 0 unspecified atom stereocenters. The largest absolute Gasteiger partial charge is 0.494 e. The molecular weight excluding hydrogens is 380 g/mol. The first-order chi connectivity index (χ1) is 14.7. The van der Waals surface area contributed by atoms with E-state index in [9.17, 15) is 4.79 Å². The Hall–Kier alpha value is -3.87. The molecule has 30 heavy (non-hydrogen) atoms. The summed E-state index contributed by atoms with van der Waals surface area (Å²) < 4.78 is 14.2. The summed E-state index contributed by atoms with van der Waals surface area (Å²) in [5, 5.41) is 9.01. The number of aromatic nitrogens is 4. The van der Waals surface area contributed by atoms with Crippen LogP contribution in [-0.4, -0.2) is 33.8 Å². The molecule has 152 valence electrons. The first-order valence-electron chi connectivity index (χ1n) is 9.61. The summed E-state index contributed by atoms with van der Waals surface area (Å²) in [7, 11) is 3.08. The second kappa shape index (κ2) is 8.24. The number of hydrogen-bond acceptors (Lipinski definition) is 5. The van der Waals surface area contributed by atoms with Crippen LogP contribution in [0.1, 0.15) is 12.5 Å². The van der Waals surface area contributed by atoms with Crippen LogP contribution in [0, 0.1) is 0 Å². The number of aryl methyl sites for hydroxylation is 1. The molecule has 4 aromatic rings. The smallest absolute Gasteiger partial charge is 0.251 e. The van der Waals surface area contributed by atoms with Crippen LogP contribution in [0.25, 0.3) is 22.8 Å². The van der Waals surface area contributed by atoms with Gasteiger partial charge in [-0.2, -0.15) is 10.2 Å². The normalized spacial score (nSPS) is 10.8. The average Bonchev–Trinajstić information content (AvgIpc) is 3.29. The highest BCUT2D eigenvalue weighted by Gasteiger charge is 2.19. The fourth-order valence-electron chi connectivity index (χ4n) is 3.29. The van der Waals surface area contributed by atoms with E-state index < -0.39 is 0 Å². The summed E-state index contributed by atoms with van der Waals surface area (Å²) in [6, 6.07) is 17.3. The van der Waals surface area contributed by atoms with Gasteiger partial charge in [0.15, 0.2) is 11.4 Å². The maximum absolute atomic E-state index is 13.0. The Balaban J connectivity index is 1.93. The van der Waals surface area contributed by atoms with E-state index in [2.05, 4.69) is 17.1 Å². The molecule has 4 rings (SSSR count). The van der Waals surface area contributed by atoms with E-state index in [1.165, 1.54) is 7.11 Å². The van der Waals surface area contributed by atoms with Crippen LogP contribution in [0.4, 0.5) is 0 Å². The molecule has 0 spiro atoms. The lowest BCUT2D eigenvalue weighted by atomic mass is 10.1. The highest BCUT2D eigenvalue weighted by molar-refractivity contribution is 5.60. The Morgan fingerprint density at radius 2 is 1.73 bits per heavy atom. The maximum Gasteiger partial charge on any atom is 0.251 e. The lowest BCUT2D eigenvalue weighted by Gasteiger charge is -2.15. The number of benzene rings is 2. The van der Waals surface area contributed by atoms with Crippen LogP contribution in [0.15, 0.2) is 71.8 Å². The zero-order valence-electron chi connectivity index (χ0n) is 17.1. The minimum absolute atomic E-state index is 0.183. The summed E-state index contributed by atoms with van der Waals surface area (Å²) in [5.41, 5.74) is 3.18. The van der Waals surface area contributed by atoms with Gasteiger partial charge in [-0.3, -0.25) is 4.79 Å². The average molecular weight is 402 g/mol. The number of methoxy groups -OCH3 is 2. The van der Waals surface area contributed by atoms with Crippen LogP contribution >= 0.6 is 0 Å². The van der Waals surface area contributed by atoms with Gasteiger partial charge in [0.25, 0.3) is 5.43 Å². The van der Waals surface area contributed by atoms with Crippen molar-refractivity contribution >= 4 is 0 Å². The molecule has 0 N–H and O–H groups in total. The quantitative estimate of drug-likeness (QED) is 0.492. The molecular formula is C23H22N4O3. The highest BCUT2D eigenvalue weighted by atomic mass is 16.5. The van der Waals surface area contributed by atoms with Gasteiger partial charge in [-0.15, -0.1) is 0 Å². The van der Waals surface area contributed by atoms with Crippen molar-refractivity contribution in [3.05, 3.63) is 82.8 Å². The standard InChI is InChI=1S/C23H22N4O3/c1-4-16-10-11-18(20(14-16)29-2)26-15-21(30-3)23(28)22(25-26)19-12-13-24-27(19)17-8-6-5-7-9-17/h5-15H,4H2,1-3H3. The number of rotatable bonds is 6. The lowest BCUT2D eigenvalue weighted by Crippen LogP contribution is -2.18. The van der Waals surface area contributed by atoms with Gasteiger partial charge in [0.05, 0.1) is 38.0 Å². The zero-order chi connectivity index (χ0) is 21.1. The third kappa shape index (κ3) is 3.45. The molecule has 2 heterocycles. The summed E-state index contributed by atoms with van der Waals surface area (Å²) >= 11 is 0. The number of nitrogens with zero attached hydrogens (tertiary/aromatic N) is 4. The highest BCUT2D eigenvalue weighted by Crippen LogP contribution is 2.26. The van der Waals surface area contributed by atoms with Gasteiger partial charge in [-0.05, 0) is 42.3 Å². The van der Waals surface area contributed by atoms with Gasteiger partial charge in [-0.25, -0.2) is 9.36 Å². The van der Waals surface area contributed by atoms with Gasteiger partial charge in [-0.1, -0.05) is 31.2 Å². The molecule has 0 fully saturated rings. The van der Waals surface area contributed by atoms with E-state index in [1.54, 1.807) is 34.9 Å².